The summed E-state index contributed by atoms with van der Waals surface area (Å²) in [5, 5.41) is 13.3. The van der Waals surface area contributed by atoms with Crippen LogP contribution < -0.4 is 11.1 Å². The molecule has 0 fully saturated rings. The molecular weight excluding hydrogens is 226 g/mol. The minimum atomic E-state index is -0.633. The van der Waals surface area contributed by atoms with E-state index >= 15 is 0 Å². The van der Waals surface area contributed by atoms with Crippen molar-refractivity contribution < 1.29 is 9.34 Å². The molecule has 0 aliphatic rings. The van der Waals surface area contributed by atoms with Crippen molar-refractivity contribution in [2.45, 2.75) is 6.54 Å². The third-order valence-corrected chi connectivity index (χ3v) is 2.00. The summed E-state index contributed by atoms with van der Waals surface area (Å²) in [4.78, 5) is 17.4. The molecule has 0 saturated carbocycles. The van der Waals surface area contributed by atoms with Gasteiger partial charge in [0.05, 0.1) is 17.7 Å². The molecule has 2 aromatic heterocycles. The van der Waals surface area contributed by atoms with Crippen LogP contribution in [0.3, 0.4) is 0 Å². The number of nitrogens with zero attached hydrogens (tertiary/aromatic N) is 3. The van der Waals surface area contributed by atoms with Gasteiger partial charge in [0.1, 0.15) is 12.0 Å². The Kier molecular flexibility index (Phi) is 2.86. The van der Waals surface area contributed by atoms with Gasteiger partial charge in [-0.15, -0.1) is 0 Å². The smallest absolute Gasteiger partial charge is 0.329 e. The number of furan rings is 1. The molecule has 8 nitrogen and oxygen atoms in total. The Balaban J connectivity index is 2.07. The molecule has 2 aromatic rings. The van der Waals surface area contributed by atoms with E-state index in [1.54, 1.807) is 18.4 Å². The van der Waals surface area contributed by atoms with Gasteiger partial charge >= 0.3 is 5.69 Å². The Morgan fingerprint density at radius 2 is 2.41 bits per heavy atom. The van der Waals surface area contributed by atoms with E-state index in [2.05, 4.69) is 15.3 Å². The zero-order valence-electron chi connectivity index (χ0n) is 8.66. The summed E-state index contributed by atoms with van der Waals surface area (Å²) in [7, 11) is 0. The lowest BCUT2D eigenvalue weighted by molar-refractivity contribution is -0.384. The summed E-state index contributed by atoms with van der Waals surface area (Å²) < 4.78 is 5.09. The van der Waals surface area contributed by atoms with E-state index in [1.165, 1.54) is 0 Å². The first-order valence-corrected chi connectivity index (χ1v) is 4.70. The lowest BCUT2D eigenvalue weighted by Gasteiger charge is -2.03. The molecule has 0 aromatic carbocycles. The van der Waals surface area contributed by atoms with Crippen LogP contribution in [0.2, 0.25) is 0 Å². The second-order valence-electron chi connectivity index (χ2n) is 3.15. The van der Waals surface area contributed by atoms with Gasteiger partial charge in [0.2, 0.25) is 11.8 Å². The van der Waals surface area contributed by atoms with Crippen LogP contribution in [0.5, 0.6) is 0 Å². The average Bonchev–Trinajstić information content (AvgIpc) is 2.78. The number of nitro groups is 1. The first-order chi connectivity index (χ1) is 8.16. The van der Waals surface area contributed by atoms with Crippen molar-refractivity contribution >= 4 is 17.5 Å². The van der Waals surface area contributed by atoms with Crippen molar-refractivity contribution in [2.75, 3.05) is 11.1 Å². The van der Waals surface area contributed by atoms with Crippen molar-refractivity contribution in [2.24, 2.45) is 0 Å². The summed E-state index contributed by atoms with van der Waals surface area (Å²) >= 11 is 0. The van der Waals surface area contributed by atoms with Gasteiger partial charge in [0, 0.05) is 0 Å². The Morgan fingerprint density at radius 3 is 3.00 bits per heavy atom. The van der Waals surface area contributed by atoms with Crippen LogP contribution in [0.15, 0.2) is 29.0 Å². The Hall–Kier alpha value is -2.64. The van der Waals surface area contributed by atoms with Gasteiger partial charge in [0.25, 0.3) is 0 Å². The first kappa shape index (κ1) is 10.9. The largest absolute Gasteiger partial charge is 0.467 e. The van der Waals surface area contributed by atoms with Crippen LogP contribution in [0.4, 0.5) is 17.5 Å². The standard InChI is InChI=1S/C9H9N5O3/c10-8-7(14(15)16)5-12-9(13-8)11-4-6-2-1-3-17-6/h1-3,5H,4H2,(H3,10,11,12,13). The molecule has 3 N–H and O–H groups in total. The van der Waals surface area contributed by atoms with E-state index in [1.807, 2.05) is 0 Å². The van der Waals surface area contributed by atoms with Crippen molar-refractivity contribution in [3.05, 3.63) is 40.5 Å². The predicted octanol–water partition coefficient (Wildman–Crippen LogP) is 1.17. The molecule has 0 spiro atoms. The second kappa shape index (κ2) is 4.47. The molecule has 0 atom stereocenters. The number of anilines is 2. The molecular formula is C9H9N5O3. The van der Waals surface area contributed by atoms with Gasteiger partial charge in [0.15, 0.2) is 0 Å². The van der Waals surface area contributed by atoms with Crippen molar-refractivity contribution in [3.63, 3.8) is 0 Å². The Labute approximate surface area is 95.6 Å². The molecule has 0 aliphatic heterocycles. The van der Waals surface area contributed by atoms with Crippen LogP contribution in [-0.2, 0) is 6.54 Å². The molecule has 0 bridgehead atoms. The third-order valence-electron chi connectivity index (χ3n) is 2.00. The van der Waals surface area contributed by atoms with Gasteiger partial charge in [-0.3, -0.25) is 10.1 Å². The van der Waals surface area contributed by atoms with Crippen molar-refractivity contribution in [1.29, 1.82) is 0 Å². The summed E-state index contributed by atoms with van der Waals surface area (Å²) in [6.45, 7) is 0.379. The van der Waals surface area contributed by atoms with E-state index in [9.17, 15) is 10.1 Å². The summed E-state index contributed by atoms with van der Waals surface area (Å²) in [6.07, 6.45) is 2.61. The number of nitrogens with one attached hydrogen (secondary N) is 1. The van der Waals surface area contributed by atoms with E-state index in [0.29, 0.717) is 12.3 Å². The SMILES string of the molecule is Nc1nc(NCc2ccco2)ncc1[N+](=O)[O-]. The number of hydrogen-bond acceptors (Lipinski definition) is 7. The van der Waals surface area contributed by atoms with Crippen LogP contribution in [0.25, 0.3) is 0 Å². The zero-order chi connectivity index (χ0) is 12.3. The fraction of sp³-hybridized carbons (Fsp3) is 0.111. The van der Waals surface area contributed by atoms with Crippen LogP contribution in [0, 0.1) is 10.1 Å². The van der Waals surface area contributed by atoms with Crippen LogP contribution in [0.1, 0.15) is 5.76 Å². The minimum absolute atomic E-state index is 0.174. The summed E-state index contributed by atoms with van der Waals surface area (Å²) in [5.41, 5.74) is 5.10. The quantitative estimate of drug-likeness (QED) is 0.602. The van der Waals surface area contributed by atoms with Crippen LogP contribution >= 0.6 is 0 Å². The highest BCUT2D eigenvalue weighted by atomic mass is 16.6. The maximum Gasteiger partial charge on any atom is 0.329 e. The minimum Gasteiger partial charge on any atom is -0.467 e. The molecule has 0 aliphatic carbocycles. The van der Waals surface area contributed by atoms with E-state index in [4.69, 9.17) is 10.2 Å². The number of nitrogen functional groups attached to an aromatic ring is 1. The number of rotatable bonds is 4. The fourth-order valence-electron chi connectivity index (χ4n) is 1.19. The van der Waals surface area contributed by atoms with E-state index in [0.717, 1.165) is 6.20 Å². The Morgan fingerprint density at radius 1 is 1.59 bits per heavy atom. The lowest BCUT2D eigenvalue weighted by atomic mass is 10.4. The first-order valence-electron chi connectivity index (χ1n) is 4.70. The van der Waals surface area contributed by atoms with Crippen molar-refractivity contribution in [3.8, 4) is 0 Å². The molecule has 0 saturated heterocycles. The second-order valence-corrected chi connectivity index (χ2v) is 3.15. The lowest BCUT2D eigenvalue weighted by Crippen LogP contribution is -2.06. The number of nitrogens with two attached hydrogens (primary N) is 1. The fourth-order valence-corrected chi connectivity index (χ4v) is 1.19. The highest BCUT2D eigenvalue weighted by Crippen LogP contribution is 2.18. The van der Waals surface area contributed by atoms with Crippen LogP contribution in [-0.4, -0.2) is 14.9 Å². The molecule has 88 valence electrons. The van der Waals surface area contributed by atoms with Gasteiger partial charge in [-0.2, -0.15) is 4.98 Å². The molecule has 0 unspecified atom stereocenters. The van der Waals surface area contributed by atoms with Gasteiger partial charge in [-0.1, -0.05) is 0 Å². The van der Waals surface area contributed by atoms with Gasteiger partial charge < -0.3 is 15.5 Å². The number of hydrogen-bond donors (Lipinski definition) is 2. The Bertz CT molecular complexity index is 525. The third kappa shape index (κ3) is 2.48. The van der Waals surface area contributed by atoms with Crippen molar-refractivity contribution in [1.82, 2.24) is 9.97 Å². The molecule has 8 heteroatoms. The number of aromatic nitrogens is 2. The highest BCUT2D eigenvalue weighted by Gasteiger charge is 2.13. The molecule has 17 heavy (non-hydrogen) atoms. The molecule has 2 rings (SSSR count). The average molecular weight is 235 g/mol. The highest BCUT2D eigenvalue weighted by molar-refractivity contribution is 5.53. The molecule has 2 heterocycles. The normalized spacial score (nSPS) is 10.1. The monoisotopic (exact) mass is 235 g/mol. The van der Waals surface area contributed by atoms with E-state index < -0.39 is 4.92 Å². The summed E-state index contributed by atoms with van der Waals surface area (Å²) in [5.74, 6) is 0.738. The van der Waals surface area contributed by atoms with Gasteiger partial charge in [-0.25, -0.2) is 4.98 Å². The molecule has 0 amide bonds. The van der Waals surface area contributed by atoms with E-state index in [-0.39, 0.29) is 17.5 Å². The molecule has 0 radical (unpaired) electrons. The summed E-state index contributed by atoms with van der Waals surface area (Å²) in [6, 6.07) is 3.53. The maximum atomic E-state index is 10.5. The maximum absolute atomic E-state index is 10.5. The zero-order valence-corrected chi connectivity index (χ0v) is 8.66. The van der Waals surface area contributed by atoms with Gasteiger partial charge in [-0.05, 0) is 12.1 Å². The topological polar surface area (TPSA) is 120 Å². The predicted molar refractivity (Wildman–Crippen MR) is 59.1 cm³/mol.